The van der Waals surface area contributed by atoms with E-state index in [1.807, 2.05) is 56.3 Å². The Morgan fingerprint density at radius 2 is 2.04 bits per heavy atom. The zero-order chi connectivity index (χ0) is 19.7. The Hall–Kier alpha value is -2.73. The van der Waals surface area contributed by atoms with Gasteiger partial charge in [0.1, 0.15) is 17.0 Å². The van der Waals surface area contributed by atoms with Crippen molar-refractivity contribution in [3.8, 4) is 5.75 Å². The van der Waals surface area contributed by atoms with E-state index in [1.54, 1.807) is 23.8 Å². The molecule has 0 aliphatic carbocycles. The monoisotopic (exact) mass is 394 g/mol. The van der Waals surface area contributed by atoms with Gasteiger partial charge in [0.05, 0.1) is 7.11 Å². The third-order valence-corrected chi connectivity index (χ3v) is 5.88. The van der Waals surface area contributed by atoms with Crippen LogP contribution in [-0.2, 0) is 0 Å². The van der Waals surface area contributed by atoms with Gasteiger partial charge in [-0.1, -0.05) is 36.0 Å². The van der Waals surface area contributed by atoms with Crippen LogP contribution in [0.3, 0.4) is 0 Å². The Kier molecular flexibility index (Phi) is 5.13. The number of para-hydroxylation sites is 1. The first kappa shape index (κ1) is 18.6. The van der Waals surface area contributed by atoms with E-state index in [1.165, 1.54) is 0 Å². The van der Waals surface area contributed by atoms with E-state index < -0.39 is 0 Å². The molecule has 0 radical (unpaired) electrons. The lowest BCUT2D eigenvalue weighted by Crippen LogP contribution is -2.39. The minimum Gasteiger partial charge on any atom is -0.494 e. The average Bonchev–Trinajstić information content (AvgIpc) is 3.05. The minimum atomic E-state index is -0.147. The topological polar surface area (TPSA) is 55.0 Å². The molecule has 0 unspecified atom stereocenters. The molecule has 1 aromatic heterocycles. The second-order valence-corrected chi connectivity index (χ2v) is 7.84. The second-order valence-electron chi connectivity index (χ2n) is 6.78. The lowest BCUT2D eigenvalue weighted by molar-refractivity contribution is 0.0820. The van der Waals surface area contributed by atoms with Gasteiger partial charge in [-0.2, -0.15) is 0 Å². The lowest BCUT2D eigenvalue weighted by Gasteiger charge is -2.27. The smallest absolute Gasteiger partial charge is 0.295 e. The summed E-state index contributed by atoms with van der Waals surface area (Å²) >= 11 is 1.58. The summed E-state index contributed by atoms with van der Waals surface area (Å²) in [6.45, 7) is 4.56. The molecule has 3 aromatic rings. The number of nitrogens with zero attached hydrogens (tertiary/aromatic N) is 2. The molecular weight excluding hydrogens is 372 g/mol. The van der Waals surface area contributed by atoms with E-state index >= 15 is 0 Å². The third kappa shape index (κ3) is 3.40. The molecule has 1 saturated heterocycles. The normalized spacial score (nSPS) is 16.0. The second kappa shape index (κ2) is 7.72. The first-order chi connectivity index (χ1) is 13.6. The molecule has 0 bridgehead atoms. The molecule has 0 saturated carbocycles. The Balaban J connectivity index is 1.73. The molecule has 2 aromatic carbocycles. The summed E-state index contributed by atoms with van der Waals surface area (Å²) in [5.41, 5.74) is 3.41. The summed E-state index contributed by atoms with van der Waals surface area (Å²) in [7, 11) is 1.63. The molecular formula is C22H22N2O3S. The quantitative estimate of drug-likeness (QED) is 0.603. The molecule has 0 N–H and O–H groups in total. The average molecular weight is 394 g/mol. The number of furan rings is 1. The predicted molar refractivity (Wildman–Crippen MR) is 114 cm³/mol. The number of methoxy groups -OCH3 is 1. The van der Waals surface area contributed by atoms with Crippen LogP contribution in [0.15, 0.2) is 51.9 Å². The maximum Gasteiger partial charge on any atom is 0.295 e. The number of fused-ring (bicyclic) bond motifs is 1. The molecule has 1 amide bonds. The largest absolute Gasteiger partial charge is 0.494 e. The summed E-state index contributed by atoms with van der Waals surface area (Å²) < 4.78 is 11.3. The number of hydrogen-bond donors (Lipinski definition) is 0. The number of benzene rings is 2. The van der Waals surface area contributed by atoms with Gasteiger partial charge in [-0.05, 0) is 44.0 Å². The van der Waals surface area contributed by atoms with Crippen molar-refractivity contribution in [2.45, 2.75) is 20.3 Å². The van der Waals surface area contributed by atoms with Crippen molar-refractivity contribution in [3.63, 3.8) is 0 Å². The van der Waals surface area contributed by atoms with E-state index in [0.29, 0.717) is 23.2 Å². The van der Waals surface area contributed by atoms with E-state index in [9.17, 15) is 4.79 Å². The molecule has 6 heteroatoms. The number of amides is 1. The van der Waals surface area contributed by atoms with Crippen LogP contribution in [0.25, 0.3) is 11.0 Å². The van der Waals surface area contributed by atoms with Gasteiger partial charge in [-0.25, -0.2) is 4.99 Å². The number of hydrogen-bond acceptors (Lipinski definition) is 5. The Morgan fingerprint density at radius 3 is 2.82 bits per heavy atom. The minimum absolute atomic E-state index is 0.147. The van der Waals surface area contributed by atoms with Crippen molar-refractivity contribution in [2.75, 3.05) is 19.4 Å². The first-order valence-corrected chi connectivity index (χ1v) is 10.2. The van der Waals surface area contributed by atoms with Crippen LogP contribution in [0, 0.1) is 13.8 Å². The highest BCUT2D eigenvalue weighted by atomic mass is 32.2. The van der Waals surface area contributed by atoms with Gasteiger partial charge in [0.2, 0.25) is 0 Å². The van der Waals surface area contributed by atoms with Crippen LogP contribution in [-0.4, -0.2) is 35.4 Å². The molecule has 1 aliphatic rings. The number of thioether (sulfide) groups is 1. The van der Waals surface area contributed by atoms with E-state index in [4.69, 9.17) is 14.1 Å². The summed E-state index contributed by atoms with van der Waals surface area (Å²) in [5.74, 6) is 1.85. The summed E-state index contributed by atoms with van der Waals surface area (Å²) in [6.07, 6.45) is 0.916. The van der Waals surface area contributed by atoms with Gasteiger partial charge in [0, 0.05) is 23.2 Å². The molecule has 2 heterocycles. The van der Waals surface area contributed by atoms with Crippen LogP contribution in [0.1, 0.15) is 28.1 Å². The number of aryl methyl sites for hydroxylation is 2. The van der Waals surface area contributed by atoms with Crippen LogP contribution in [0.2, 0.25) is 0 Å². The number of ether oxygens (including phenoxy) is 1. The van der Waals surface area contributed by atoms with Crippen molar-refractivity contribution in [2.24, 2.45) is 4.99 Å². The van der Waals surface area contributed by atoms with E-state index in [2.05, 4.69) is 0 Å². The molecule has 28 heavy (non-hydrogen) atoms. The summed E-state index contributed by atoms with van der Waals surface area (Å²) in [6, 6.07) is 13.6. The van der Waals surface area contributed by atoms with Gasteiger partial charge in [0.25, 0.3) is 5.91 Å². The van der Waals surface area contributed by atoms with Gasteiger partial charge in [-0.15, -0.1) is 0 Å². The molecule has 1 fully saturated rings. The van der Waals surface area contributed by atoms with E-state index in [0.717, 1.165) is 40.0 Å². The molecule has 0 atom stereocenters. The fourth-order valence-electron chi connectivity index (χ4n) is 3.33. The van der Waals surface area contributed by atoms with Crippen molar-refractivity contribution >= 4 is 39.5 Å². The molecule has 144 valence electrons. The van der Waals surface area contributed by atoms with Gasteiger partial charge >= 0.3 is 0 Å². The Morgan fingerprint density at radius 1 is 1.21 bits per heavy atom. The summed E-state index contributed by atoms with van der Waals surface area (Å²) in [4.78, 5) is 19.8. The van der Waals surface area contributed by atoms with E-state index in [-0.39, 0.29) is 5.91 Å². The molecule has 5 nitrogen and oxygen atoms in total. The van der Waals surface area contributed by atoms with Crippen LogP contribution in [0.4, 0.5) is 5.69 Å². The fraction of sp³-hybridized carbons (Fsp3) is 0.273. The number of carbonyl (C=O) groups is 1. The lowest BCUT2D eigenvalue weighted by atomic mass is 10.1. The summed E-state index contributed by atoms with van der Waals surface area (Å²) in [5, 5.41) is 1.65. The van der Waals surface area contributed by atoms with Gasteiger partial charge < -0.3 is 9.15 Å². The zero-order valence-electron chi connectivity index (χ0n) is 16.2. The van der Waals surface area contributed by atoms with Gasteiger partial charge in [0.15, 0.2) is 10.9 Å². The number of carbonyl (C=O) groups excluding carboxylic acids is 1. The molecule has 1 aliphatic heterocycles. The van der Waals surface area contributed by atoms with Crippen molar-refractivity contribution in [1.82, 2.24) is 4.90 Å². The Bertz CT molecular complexity index is 1070. The standard InChI is InChI=1S/C22H22N2O3S/c1-14-9-10-19(26-3)17(13-14)23-22-24(11-6-12-28-22)21(25)20-15(2)16-7-4-5-8-18(16)27-20/h4-5,7-10,13H,6,11-12H2,1-3H3. The number of rotatable bonds is 3. The van der Waals surface area contributed by atoms with Crippen molar-refractivity contribution in [1.29, 1.82) is 0 Å². The third-order valence-electron chi connectivity index (χ3n) is 4.82. The highest BCUT2D eigenvalue weighted by Crippen LogP contribution is 2.33. The highest BCUT2D eigenvalue weighted by Gasteiger charge is 2.29. The number of aliphatic imine (C=N–C) groups is 1. The maximum atomic E-state index is 13.3. The predicted octanol–water partition coefficient (Wildman–Crippen LogP) is 5.33. The van der Waals surface area contributed by atoms with Gasteiger partial charge in [-0.3, -0.25) is 9.69 Å². The maximum absolute atomic E-state index is 13.3. The first-order valence-electron chi connectivity index (χ1n) is 9.24. The Labute approximate surface area is 168 Å². The SMILES string of the molecule is COc1ccc(C)cc1N=C1SCCCN1C(=O)c1oc2ccccc2c1C. The van der Waals surface area contributed by atoms with Crippen molar-refractivity contribution in [3.05, 3.63) is 59.4 Å². The van der Waals surface area contributed by atoms with Crippen LogP contribution >= 0.6 is 11.8 Å². The zero-order valence-corrected chi connectivity index (χ0v) is 17.0. The highest BCUT2D eigenvalue weighted by molar-refractivity contribution is 8.13. The molecule has 0 spiro atoms. The van der Waals surface area contributed by atoms with Crippen molar-refractivity contribution < 1.29 is 13.9 Å². The fourth-order valence-corrected chi connectivity index (χ4v) is 4.28. The molecule has 4 rings (SSSR count). The van der Waals surface area contributed by atoms with Crippen LogP contribution < -0.4 is 4.74 Å². The number of amidine groups is 1. The van der Waals surface area contributed by atoms with Crippen LogP contribution in [0.5, 0.6) is 5.75 Å².